The number of nitrogens with zero attached hydrogens (tertiary/aromatic N) is 3. The van der Waals surface area contributed by atoms with Crippen LogP contribution in [0.2, 0.25) is 0 Å². The molecule has 0 aliphatic carbocycles. The van der Waals surface area contributed by atoms with Crippen LogP contribution >= 0.6 is 0 Å². The van der Waals surface area contributed by atoms with E-state index in [1.54, 1.807) is 32.4 Å². The van der Waals surface area contributed by atoms with Crippen LogP contribution in [0.25, 0.3) is 10.9 Å². The minimum atomic E-state index is -0.439. The Kier molecular flexibility index (Phi) is 5.54. The van der Waals surface area contributed by atoms with Gasteiger partial charge in [0.15, 0.2) is 11.5 Å². The van der Waals surface area contributed by atoms with Crippen LogP contribution in [-0.2, 0) is 28.1 Å². The number of hydrogen-bond donors (Lipinski definition) is 0. The van der Waals surface area contributed by atoms with Gasteiger partial charge < -0.3 is 19.1 Å². The molecule has 0 radical (unpaired) electrons. The fraction of sp³-hybridized carbons (Fsp3) is 0.400. The number of carbonyl (C=O) groups is 1. The smallest absolute Gasteiger partial charge is 0.261 e. The van der Waals surface area contributed by atoms with Crippen molar-refractivity contribution in [2.24, 2.45) is 0 Å². The van der Waals surface area contributed by atoms with E-state index in [0.717, 1.165) is 17.7 Å². The second kappa shape index (κ2) is 8.51. The van der Waals surface area contributed by atoms with E-state index in [2.05, 4.69) is 4.98 Å². The number of rotatable bonds is 4. The molecule has 1 saturated heterocycles. The molecule has 2 aliphatic rings. The van der Waals surface area contributed by atoms with E-state index < -0.39 is 5.60 Å². The lowest BCUT2D eigenvalue weighted by atomic mass is 9.79. The lowest BCUT2D eigenvalue weighted by Crippen LogP contribution is -2.49. The average Bonchev–Trinajstić information content (AvgIpc) is 2.85. The maximum Gasteiger partial charge on any atom is 0.261 e. The Labute approximate surface area is 191 Å². The highest BCUT2D eigenvalue weighted by molar-refractivity contribution is 5.79. The Morgan fingerprint density at radius 2 is 1.85 bits per heavy atom. The molecular formula is C25H27N3O5. The van der Waals surface area contributed by atoms with Gasteiger partial charge in [-0.3, -0.25) is 14.2 Å². The number of fused-ring (bicyclic) bond motifs is 3. The Bertz CT molecular complexity index is 1260. The highest BCUT2D eigenvalue weighted by atomic mass is 16.5. The molecule has 0 saturated carbocycles. The van der Waals surface area contributed by atoms with Crippen molar-refractivity contribution in [1.29, 1.82) is 0 Å². The Morgan fingerprint density at radius 1 is 1.12 bits per heavy atom. The number of aromatic nitrogens is 2. The number of methoxy groups -OCH3 is 2. The highest BCUT2D eigenvalue weighted by Crippen LogP contribution is 2.45. The summed E-state index contributed by atoms with van der Waals surface area (Å²) in [6.07, 6.45) is 3.64. The van der Waals surface area contributed by atoms with Gasteiger partial charge in [-0.05, 0) is 54.7 Å². The zero-order valence-corrected chi connectivity index (χ0v) is 18.9. The molecule has 5 rings (SSSR count). The molecule has 1 amide bonds. The van der Waals surface area contributed by atoms with Gasteiger partial charge in [0.05, 0.1) is 43.7 Å². The topological polar surface area (TPSA) is 82.9 Å². The van der Waals surface area contributed by atoms with E-state index in [0.29, 0.717) is 49.2 Å². The molecule has 0 atom stereocenters. The summed E-state index contributed by atoms with van der Waals surface area (Å²) in [6.45, 7) is 1.73. The standard InChI is InChI=1S/C25H27N3O5/c1-31-21-13-17-7-12-33-25(19(17)14-22(21)32-2)8-10-27(11-9-25)23(29)15-28-16-26-20-6-4-3-5-18(20)24(28)30/h3-6,13-14,16H,7-12,15H2,1-2H3. The van der Waals surface area contributed by atoms with Crippen molar-refractivity contribution < 1.29 is 19.0 Å². The van der Waals surface area contributed by atoms with E-state index in [-0.39, 0.29) is 18.0 Å². The summed E-state index contributed by atoms with van der Waals surface area (Å²) in [4.78, 5) is 31.9. The van der Waals surface area contributed by atoms with Crippen LogP contribution in [0.4, 0.5) is 0 Å². The molecule has 3 heterocycles. The van der Waals surface area contributed by atoms with Crippen LogP contribution < -0.4 is 15.0 Å². The van der Waals surface area contributed by atoms with Gasteiger partial charge in [0.2, 0.25) is 5.91 Å². The average molecular weight is 450 g/mol. The maximum atomic E-state index is 13.0. The van der Waals surface area contributed by atoms with Crippen LogP contribution in [0.1, 0.15) is 24.0 Å². The normalized spacial score (nSPS) is 17.1. The second-order valence-corrected chi connectivity index (χ2v) is 8.53. The minimum absolute atomic E-state index is 0.0217. The lowest BCUT2D eigenvalue weighted by molar-refractivity contribution is -0.141. The number of hydrogen-bond acceptors (Lipinski definition) is 6. The van der Waals surface area contributed by atoms with Crippen molar-refractivity contribution in [2.45, 2.75) is 31.4 Å². The molecule has 8 heteroatoms. The van der Waals surface area contributed by atoms with Gasteiger partial charge in [0, 0.05) is 13.1 Å². The lowest BCUT2D eigenvalue weighted by Gasteiger charge is -2.45. The Hall–Kier alpha value is -3.39. The van der Waals surface area contributed by atoms with Gasteiger partial charge in [-0.2, -0.15) is 0 Å². The Morgan fingerprint density at radius 3 is 2.61 bits per heavy atom. The monoisotopic (exact) mass is 449 g/mol. The van der Waals surface area contributed by atoms with Crippen LogP contribution in [0, 0.1) is 0 Å². The summed E-state index contributed by atoms with van der Waals surface area (Å²) >= 11 is 0. The first-order valence-electron chi connectivity index (χ1n) is 11.2. The molecule has 172 valence electrons. The molecule has 1 aromatic heterocycles. The van der Waals surface area contributed by atoms with E-state index in [1.807, 2.05) is 23.1 Å². The SMILES string of the molecule is COc1cc2c(cc1OC)C1(CCN(C(=O)Cn3cnc4ccccc4c3=O)CC1)OCC2. The Balaban J connectivity index is 1.33. The summed E-state index contributed by atoms with van der Waals surface area (Å²) in [5.41, 5.74) is 2.31. The molecule has 3 aromatic rings. The first kappa shape index (κ1) is 21.5. The summed E-state index contributed by atoms with van der Waals surface area (Å²) in [5.74, 6) is 1.31. The van der Waals surface area contributed by atoms with Crippen LogP contribution in [0.3, 0.4) is 0 Å². The first-order valence-corrected chi connectivity index (χ1v) is 11.2. The number of para-hydroxylation sites is 1. The molecule has 0 bridgehead atoms. The van der Waals surface area contributed by atoms with Crippen molar-refractivity contribution in [1.82, 2.24) is 14.5 Å². The summed E-state index contributed by atoms with van der Waals surface area (Å²) in [6, 6.07) is 11.2. The fourth-order valence-corrected chi connectivity index (χ4v) is 4.98. The zero-order chi connectivity index (χ0) is 23.0. The van der Waals surface area contributed by atoms with E-state index >= 15 is 0 Å². The van der Waals surface area contributed by atoms with Crippen molar-refractivity contribution in [3.05, 3.63) is 64.2 Å². The van der Waals surface area contributed by atoms with Crippen molar-refractivity contribution in [3.8, 4) is 11.5 Å². The molecular weight excluding hydrogens is 422 g/mol. The van der Waals surface area contributed by atoms with Crippen molar-refractivity contribution >= 4 is 16.8 Å². The highest BCUT2D eigenvalue weighted by Gasteiger charge is 2.42. The third kappa shape index (κ3) is 3.74. The zero-order valence-electron chi connectivity index (χ0n) is 18.9. The third-order valence-electron chi connectivity index (χ3n) is 6.81. The van der Waals surface area contributed by atoms with Crippen molar-refractivity contribution in [2.75, 3.05) is 33.9 Å². The maximum absolute atomic E-state index is 13.0. The predicted octanol–water partition coefficient (Wildman–Crippen LogP) is 2.50. The number of ether oxygens (including phenoxy) is 3. The van der Waals surface area contributed by atoms with Crippen LogP contribution in [0.15, 0.2) is 47.5 Å². The second-order valence-electron chi connectivity index (χ2n) is 8.53. The molecule has 2 aromatic carbocycles. The molecule has 0 unspecified atom stereocenters. The van der Waals surface area contributed by atoms with Crippen LogP contribution in [-0.4, -0.2) is 54.3 Å². The number of carbonyl (C=O) groups excluding carboxylic acids is 1. The number of amides is 1. The number of benzene rings is 2. The quantitative estimate of drug-likeness (QED) is 0.609. The van der Waals surface area contributed by atoms with Gasteiger partial charge in [0.1, 0.15) is 6.54 Å². The van der Waals surface area contributed by atoms with E-state index in [1.165, 1.54) is 16.5 Å². The minimum Gasteiger partial charge on any atom is -0.493 e. The van der Waals surface area contributed by atoms with E-state index in [9.17, 15) is 9.59 Å². The summed E-state index contributed by atoms with van der Waals surface area (Å²) in [5, 5.41) is 0.516. The molecule has 2 aliphatic heterocycles. The fourth-order valence-electron chi connectivity index (χ4n) is 4.98. The van der Waals surface area contributed by atoms with Crippen molar-refractivity contribution in [3.63, 3.8) is 0 Å². The van der Waals surface area contributed by atoms with Gasteiger partial charge in [-0.15, -0.1) is 0 Å². The van der Waals surface area contributed by atoms with Gasteiger partial charge in [-0.25, -0.2) is 4.98 Å². The van der Waals surface area contributed by atoms with Gasteiger partial charge in [-0.1, -0.05) is 12.1 Å². The van der Waals surface area contributed by atoms with Gasteiger partial charge >= 0.3 is 0 Å². The molecule has 8 nitrogen and oxygen atoms in total. The summed E-state index contributed by atoms with van der Waals surface area (Å²) < 4.78 is 18.7. The largest absolute Gasteiger partial charge is 0.493 e. The van der Waals surface area contributed by atoms with Crippen LogP contribution in [0.5, 0.6) is 11.5 Å². The van der Waals surface area contributed by atoms with Gasteiger partial charge in [0.25, 0.3) is 5.56 Å². The third-order valence-corrected chi connectivity index (χ3v) is 6.81. The molecule has 0 N–H and O–H groups in total. The van der Waals surface area contributed by atoms with E-state index in [4.69, 9.17) is 14.2 Å². The molecule has 33 heavy (non-hydrogen) atoms. The first-order chi connectivity index (χ1) is 16.0. The summed E-state index contributed by atoms with van der Waals surface area (Å²) in [7, 11) is 3.27. The number of piperidine rings is 1. The molecule has 1 spiro atoms. The molecule has 1 fully saturated rings. The predicted molar refractivity (Wildman–Crippen MR) is 123 cm³/mol. The number of likely N-dealkylation sites (tertiary alicyclic amines) is 1.